The number of amides is 1. The molecular formula is C28H22N6O. The van der Waals surface area contributed by atoms with Crippen molar-refractivity contribution in [2.24, 2.45) is 0 Å². The molecule has 7 nitrogen and oxygen atoms in total. The number of hydrogen-bond acceptors (Lipinski definition) is 5. The number of pyridine rings is 2. The van der Waals surface area contributed by atoms with Gasteiger partial charge in [0, 0.05) is 46.5 Å². The molecule has 1 saturated carbocycles. The molecule has 0 atom stereocenters. The Bertz CT molecular complexity index is 1490. The molecule has 0 bridgehead atoms. The van der Waals surface area contributed by atoms with E-state index in [1.165, 1.54) is 0 Å². The van der Waals surface area contributed by atoms with Crippen LogP contribution in [0.2, 0.25) is 0 Å². The first-order valence-electron chi connectivity index (χ1n) is 11.5. The Hall–Kier alpha value is -4.65. The minimum Gasteiger partial charge on any atom is -0.321 e. The topological polar surface area (TPSA) is 85.6 Å². The van der Waals surface area contributed by atoms with Gasteiger partial charge in [-0.15, -0.1) is 10.2 Å². The quantitative estimate of drug-likeness (QED) is 0.362. The van der Waals surface area contributed by atoms with Crippen LogP contribution >= 0.6 is 0 Å². The van der Waals surface area contributed by atoms with Crippen molar-refractivity contribution in [2.75, 3.05) is 5.32 Å². The standard InChI is InChI=1S/C28H22N6O/c35-28(26-24(19-13-15-29-16-14-19)11-12-25(32-26)20-9-10-20)31-22-6-4-5-21(17-22)27-33-30-18-34(27)23-7-2-1-3-8-23/h1-8,11-18,20H,9-10H2,(H,31,35). The predicted molar refractivity (Wildman–Crippen MR) is 134 cm³/mol. The Morgan fingerprint density at radius 2 is 1.71 bits per heavy atom. The van der Waals surface area contributed by atoms with Gasteiger partial charge >= 0.3 is 0 Å². The van der Waals surface area contributed by atoms with Crippen molar-refractivity contribution in [2.45, 2.75) is 18.8 Å². The molecule has 170 valence electrons. The molecule has 1 aliphatic carbocycles. The highest BCUT2D eigenvalue weighted by molar-refractivity contribution is 6.07. The van der Waals surface area contributed by atoms with Gasteiger partial charge in [0.25, 0.3) is 5.91 Å². The molecule has 7 heteroatoms. The molecule has 0 unspecified atom stereocenters. The lowest BCUT2D eigenvalue weighted by molar-refractivity contribution is 0.102. The van der Waals surface area contributed by atoms with Crippen LogP contribution in [-0.2, 0) is 0 Å². The van der Waals surface area contributed by atoms with Crippen molar-refractivity contribution in [3.05, 3.63) is 109 Å². The number of carbonyl (C=O) groups is 1. The van der Waals surface area contributed by atoms with Crippen LogP contribution < -0.4 is 5.32 Å². The summed E-state index contributed by atoms with van der Waals surface area (Å²) in [7, 11) is 0. The number of nitrogens with one attached hydrogen (secondary N) is 1. The zero-order valence-electron chi connectivity index (χ0n) is 18.9. The molecule has 3 aromatic heterocycles. The zero-order valence-corrected chi connectivity index (χ0v) is 18.9. The second-order valence-corrected chi connectivity index (χ2v) is 8.54. The summed E-state index contributed by atoms with van der Waals surface area (Å²) in [5.41, 5.74) is 5.55. The van der Waals surface area contributed by atoms with Crippen molar-refractivity contribution in [1.29, 1.82) is 0 Å². The van der Waals surface area contributed by atoms with E-state index in [0.717, 1.165) is 40.9 Å². The van der Waals surface area contributed by atoms with E-state index in [2.05, 4.69) is 20.5 Å². The molecule has 0 saturated heterocycles. The minimum atomic E-state index is -0.249. The molecule has 3 heterocycles. The van der Waals surface area contributed by atoms with E-state index in [1.54, 1.807) is 18.7 Å². The maximum absolute atomic E-state index is 13.5. The molecule has 5 aromatic rings. The predicted octanol–water partition coefficient (Wildman–Crippen LogP) is 5.52. The van der Waals surface area contributed by atoms with E-state index in [1.807, 2.05) is 83.4 Å². The molecule has 0 spiro atoms. The first-order valence-corrected chi connectivity index (χ1v) is 11.5. The molecule has 2 aromatic carbocycles. The summed E-state index contributed by atoms with van der Waals surface area (Å²) >= 11 is 0. The monoisotopic (exact) mass is 458 g/mol. The van der Waals surface area contributed by atoms with E-state index >= 15 is 0 Å². The molecule has 1 aliphatic rings. The van der Waals surface area contributed by atoms with Crippen LogP contribution in [-0.4, -0.2) is 30.6 Å². The lowest BCUT2D eigenvalue weighted by atomic mass is 10.0. The number of benzene rings is 2. The average molecular weight is 459 g/mol. The molecule has 0 radical (unpaired) electrons. The number of para-hydroxylation sites is 1. The summed E-state index contributed by atoms with van der Waals surface area (Å²) in [4.78, 5) is 22.3. The number of anilines is 1. The highest BCUT2D eigenvalue weighted by Crippen LogP contribution is 2.40. The van der Waals surface area contributed by atoms with Gasteiger partial charge in [-0.1, -0.05) is 36.4 Å². The van der Waals surface area contributed by atoms with Crippen LogP contribution in [0.3, 0.4) is 0 Å². The number of rotatable bonds is 6. The van der Waals surface area contributed by atoms with E-state index in [0.29, 0.717) is 23.1 Å². The number of nitrogens with zero attached hydrogens (tertiary/aromatic N) is 5. The summed E-state index contributed by atoms with van der Waals surface area (Å²) in [6.07, 6.45) is 7.36. The third-order valence-electron chi connectivity index (χ3n) is 6.08. The lowest BCUT2D eigenvalue weighted by Gasteiger charge is -2.12. The van der Waals surface area contributed by atoms with Gasteiger partial charge in [0.15, 0.2) is 5.82 Å². The van der Waals surface area contributed by atoms with Crippen molar-refractivity contribution in [1.82, 2.24) is 24.7 Å². The van der Waals surface area contributed by atoms with Crippen molar-refractivity contribution in [3.8, 4) is 28.2 Å². The zero-order chi connectivity index (χ0) is 23.6. The number of aromatic nitrogens is 5. The van der Waals surface area contributed by atoms with Gasteiger partial charge < -0.3 is 5.32 Å². The first kappa shape index (κ1) is 20.9. The van der Waals surface area contributed by atoms with Crippen LogP contribution in [0.25, 0.3) is 28.2 Å². The summed E-state index contributed by atoms with van der Waals surface area (Å²) < 4.78 is 1.92. The second kappa shape index (κ2) is 8.95. The third kappa shape index (κ3) is 4.31. The number of carbonyl (C=O) groups excluding carboxylic acids is 1. The van der Waals surface area contributed by atoms with Crippen LogP contribution in [0.15, 0.2) is 97.6 Å². The lowest BCUT2D eigenvalue weighted by Crippen LogP contribution is -2.16. The van der Waals surface area contributed by atoms with E-state index < -0.39 is 0 Å². The molecule has 1 fully saturated rings. The van der Waals surface area contributed by atoms with Crippen LogP contribution in [0.4, 0.5) is 5.69 Å². The molecule has 1 N–H and O–H groups in total. The maximum atomic E-state index is 13.5. The first-order chi connectivity index (χ1) is 17.3. The van der Waals surface area contributed by atoms with Crippen LogP contribution in [0.5, 0.6) is 0 Å². The summed E-state index contributed by atoms with van der Waals surface area (Å²) in [6, 6.07) is 25.3. The molecule has 35 heavy (non-hydrogen) atoms. The van der Waals surface area contributed by atoms with Gasteiger partial charge in [0.05, 0.1) is 0 Å². The number of hydrogen-bond donors (Lipinski definition) is 1. The van der Waals surface area contributed by atoms with Gasteiger partial charge in [-0.2, -0.15) is 0 Å². The SMILES string of the molecule is O=C(Nc1cccc(-c2nncn2-c2ccccc2)c1)c1nc(C2CC2)ccc1-c1ccncc1. The van der Waals surface area contributed by atoms with Gasteiger partial charge in [-0.3, -0.25) is 14.3 Å². The summed E-state index contributed by atoms with van der Waals surface area (Å²) in [5.74, 6) is 0.889. The second-order valence-electron chi connectivity index (χ2n) is 8.54. The van der Waals surface area contributed by atoms with Gasteiger partial charge in [0.1, 0.15) is 12.0 Å². The average Bonchev–Trinajstić information content (AvgIpc) is 3.65. The van der Waals surface area contributed by atoms with E-state index in [9.17, 15) is 4.79 Å². The largest absolute Gasteiger partial charge is 0.321 e. The van der Waals surface area contributed by atoms with Crippen LogP contribution in [0, 0.1) is 0 Å². The Morgan fingerprint density at radius 3 is 2.51 bits per heavy atom. The fourth-order valence-electron chi connectivity index (χ4n) is 4.15. The molecule has 6 rings (SSSR count). The van der Waals surface area contributed by atoms with E-state index in [-0.39, 0.29) is 5.91 Å². The van der Waals surface area contributed by atoms with Gasteiger partial charge in [0.2, 0.25) is 0 Å². The minimum absolute atomic E-state index is 0.249. The molecule has 0 aliphatic heterocycles. The fraction of sp³-hybridized carbons (Fsp3) is 0.107. The van der Waals surface area contributed by atoms with Crippen molar-refractivity contribution < 1.29 is 4.79 Å². The maximum Gasteiger partial charge on any atom is 0.274 e. The fourth-order valence-corrected chi connectivity index (χ4v) is 4.15. The Morgan fingerprint density at radius 1 is 0.886 bits per heavy atom. The Labute approximate surface area is 202 Å². The molecular weight excluding hydrogens is 436 g/mol. The highest BCUT2D eigenvalue weighted by atomic mass is 16.1. The molecule has 1 amide bonds. The normalized spacial score (nSPS) is 12.9. The van der Waals surface area contributed by atoms with Crippen molar-refractivity contribution in [3.63, 3.8) is 0 Å². The van der Waals surface area contributed by atoms with Gasteiger partial charge in [-0.05, 0) is 60.9 Å². The summed E-state index contributed by atoms with van der Waals surface area (Å²) in [6.45, 7) is 0. The Balaban J connectivity index is 1.33. The van der Waals surface area contributed by atoms with Gasteiger partial charge in [-0.25, -0.2) is 4.98 Å². The van der Waals surface area contributed by atoms with Crippen molar-refractivity contribution >= 4 is 11.6 Å². The van der Waals surface area contributed by atoms with Crippen LogP contribution in [0.1, 0.15) is 34.9 Å². The smallest absolute Gasteiger partial charge is 0.274 e. The third-order valence-corrected chi connectivity index (χ3v) is 6.08. The summed E-state index contributed by atoms with van der Waals surface area (Å²) in [5, 5.41) is 11.5. The van der Waals surface area contributed by atoms with E-state index in [4.69, 9.17) is 4.98 Å². The highest BCUT2D eigenvalue weighted by Gasteiger charge is 2.27. The Kier molecular flexibility index (Phi) is 5.35.